The summed E-state index contributed by atoms with van der Waals surface area (Å²) in [6, 6.07) is 4.66. The number of nitrogens with two attached hydrogens (primary N) is 1. The molecule has 1 rings (SSSR count). The van der Waals surface area contributed by atoms with Crippen LogP contribution in [0.3, 0.4) is 0 Å². The van der Waals surface area contributed by atoms with E-state index in [-0.39, 0.29) is 23.8 Å². The number of rotatable bonds is 5. The molecule has 0 saturated heterocycles. The largest absolute Gasteiger partial charge is 0.495 e. The fraction of sp³-hybridized carbons (Fsp3) is 0.467. The number of anilines is 1. The summed E-state index contributed by atoms with van der Waals surface area (Å²) >= 11 is 0. The maximum absolute atomic E-state index is 12.0. The molecule has 6 heteroatoms. The van der Waals surface area contributed by atoms with Crippen molar-refractivity contribution in [3.8, 4) is 5.75 Å². The number of carbonyl (C=O) groups excluding carboxylic acids is 2. The summed E-state index contributed by atoms with van der Waals surface area (Å²) in [6.45, 7) is 3.54. The zero-order valence-corrected chi connectivity index (χ0v) is 13.1. The second-order valence-corrected chi connectivity index (χ2v) is 5.25. The van der Waals surface area contributed by atoms with Gasteiger partial charge in [0.05, 0.1) is 18.7 Å². The Kier molecular flexibility index (Phi) is 5.72. The summed E-state index contributed by atoms with van der Waals surface area (Å²) in [5.74, 6) is -0.198. The highest BCUT2D eigenvalue weighted by molar-refractivity contribution is 5.97. The van der Waals surface area contributed by atoms with Crippen molar-refractivity contribution in [1.29, 1.82) is 0 Å². The Hall–Kier alpha value is -2.08. The minimum absolute atomic E-state index is 0.130. The second-order valence-electron chi connectivity index (χ2n) is 5.25. The van der Waals surface area contributed by atoms with E-state index in [1.54, 1.807) is 46.1 Å². The third kappa shape index (κ3) is 4.19. The highest BCUT2D eigenvalue weighted by atomic mass is 16.5. The summed E-state index contributed by atoms with van der Waals surface area (Å²) in [4.78, 5) is 25.4. The van der Waals surface area contributed by atoms with E-state index >= 15 is 0 Å². The van der Waals surface area contributed by atoms with Gasteiger partial charge in [0.25, 0.3) is 5.91 Å². The van der Waals surface area contributed by atoms with Gasteiger partial charge in [-0.15, -0.1) is 0 Å². The third-order valence-corrected chi connectivity index (χ3v) is 3.31. The van der Waals surface area contributed by atoms with Crippen molar-refractivity contribution in [2.24, 2.45) is 11.7 Å². The van der Waals surface area contributed by atoms with Gasteiger partial charge >= 0.3 is 0 Å². The van der Waals surface area contributed by atoms with Gasteiger partial charge in [0.1, 0.15) is 5.75 Å². The molecule has 6 nitrogen and oxygen atoms in total. The first kappa shape index (κ1) is 17.0. The van der Waals surface area contributed by atoms with Gasteiger partial charge in [0, 0.05) is 25.7 Å². The van der Waals surface area contributed by atoms with Gasteiger partial charge in [0.15, 0.2) is 0 Å². The second kappa shape index (κ2) is 7.08. The van der Waals surface area contributed by atoms with Crippen LogP contribution in [0.25, 0.3) is 0 Å². The van der Waals surface area contributed by atoms with Crippen LogP contribution in [0.4, 0.5) is 5.69 Å². The van der Waals surface area contributed by atoms with Crippen LogP contribution in [0.5, 0.6) is 5.75 Å². The molecule has 21 heavy (non-hydrogen) atoms. The van der Waals surface area contributed by atoms with Crippen molar-refractivity contribution in [2.75, 3.05) is 26.5 Å². The first-order valence-corrected chi connectivity index (χ1v) is 6.74. The van der Waals surface area contributed by atoms with E-state index in [1.807, 2.05) is 0 Å². The molecule has 3 N–H and O–H groups in total. The van der Waals surface area contributed by atoms with Crippen LogP contribution < -0.4 is 15.8 Å². The van der Waals surface area contributed by atoms with Crippen LogP contribution in [0, 0.1) is 5.92 Å². The van der Waals surface area contributed by atoms with Crippen LogP contribution in [-0.4, -0.2) is 44.0 Å². The first-order valence-electron chi connectivity index (χ1n) is 6.74. The van der Waals surface area contributed by atoms with E-state index in [4.69, 9.17) is 10.5 Å². The number of hydrogen-bond donors (Lipinski definition) is 2. The Morgan fingerprint density at radius 3 is 2.38 bits per heavy atom. The molecule has 0 aliphatic carbocycles. The fourth-order valence-corrected chi connectivity index (χ4v) is 1.67. The molecule has 0 aliphatic rings. The van der Waals surface area contributed by atoms with Gasteiger partial charge < -0.3 is 20.7 Å². The number of nitrogens with one attached hydrogen (secondary N) is 1. The predicted molar refractivity (Wildman–Crippen MR) is 82.5 cm³/mol. The lowest BCUT2D eigenvalue weighted by atomic mass is 10.0. The zero-order chi connectivity index (χ0) is 16.2. The molecule has 0 fully saturated rings. The molecule has 0 aromatic heterocycles. The zero-order valence-electron chi connectivity index (χ0n) is 13.1. The van der Waals surface area contributed by atoms with Crippen LogP contribution in [0.1, 0.15) is 24.2 Å². The number of amides is 2. The molecular formula is C15H23N3O3. The lowest BCUT2D eigenvalue weighted by Gasteiger charge is -2.18. The molecule has 1 aromatic carbocycles. The van der Waals surface area contributed by atoms with E-state index in [9.17, 15) is 9.59 Å². The van der Waals surface area contributed by atoms with Crippen molar-refractivity contribution >= 4 is 17.5 Å². The van der Waals surface area contributed by atoms with E-state index in [0.717, 1.165) is 0 Å². The summed E-state index contributed by atoms with van der Waals surface area (Å²) < 4.78 is 5.24. The minimum atomic E-state index is -0.321. The van der Waals surface area contributed by atoms with Crippen LogP contribution in [-0.2, 0) is 4.79 Å². The summed E-state index contributed by atoms with van der Waals surface area (Å²) in [6.07, 6.45) is 0. The van der Waals surface area contributed by atoms with Crippen LogP contribution in [0.2, 0.25) is 0 Å². The average molecular weight is 293 g/mol. The Morgan fingerprint density at radius 1 is 1.29 bits per heavy atom. The molecular weight excluding hydrogens is 270 g/mol. The molecule has 1 aromatic rings. The van der Waals surface area contributed by atoms with Gasteiger partial charge in [-0.2, -0.15) is 0 Å². The highest BCUT2D eigenvalue weighted by Crippen LogP contribution is 2.26. The van der Waals surface area contributed by atoms with Crippen molar-refractivity contribution in [3.63, 3.8) is 0 Å². The molecule has 0 spiro atoms. The molecule has 2 atom stereocenters. The van der Waals surface area contributed by atoms with Crippen molar-refractivity contribution < 1.29 is 14.3 Å². The number of methoxy groups -OCH3 is 1. The van der Waals surface area contributed by atoms with Crippen LogP contribution in [0.15, 0.2) is 18.2 Å². The van der Waals surface area contributed by atoms with E-state index in [2.05, 4.69) is 5.32 Å². The fourth-order valence-electron chi connectivity index (χ4n) is 1.67. The number of benzene rings is 1. The van der Waals surface area contributed by atoms with E-state index in [1.165, 1.54) is 12.0 Å². The predicted octanol–water partition coefficient (Wildman–Crippen LogP) is 1.32. The number of ether oxygens (including phenoxy) is 1. The van der Waals surface area contributed by atoms with E-state index < -0.39 is 0 Å². The maximum Gasteiger partial charge on any atom is 0.253 e. The number of hydrogen-bond acceptors (Lipinski definition) is 4. The van der Waals surface area contributed by atoms with Crippen molar-refractivity contribution in [1.82, 2.24) is 4.90 Å². The van der Waals surface area contributed by atoms with Gasteiger partial charge in [-0.1, -0.05) is 6.92 Å². The first-order chi connectivity index (χ1) is 9.77. The maximum atomic E-state index is 12.0. The summed E-state index contributed by atoms with van der Waals surface area (Å²) in [5.41, 5.74) is 6.73. The molecule has 2 amide bonds. The monoisotopic (exact) mass is 293 g/mol. The normalized spacial score (nSPS) is 13.2. The molecule has 0 aliphatic heterocycles. The molecule has 0 bridgehead atoms. The van der Waals surface area contributed by atoms with Gasteiger partial charge in [-0.25, -0.2) is 0 Å². The smallest absolute Gasteiger partial charge is 0.253 e. The van der Waals surface area contributed by atoms with Gasteiger partial charge in [-0.05, 0) is 25.1 Å². The molecule has 2 unspecified atom stereocenters. The molecule has 0 saturated carbocycles. The lowest BCUT2D eigenvalue weighted by molar-refractivity contribution is -0.119. The Bertz CT molecular complexity index is 527. The topological polar surface area (TPSA) is 84.7 Å². The van der Waals surface area contributed by atoms with Gasteiger partial charge in [0.2, 0.25) is 5.91 Å². The molecule has 0 heterocycles. The van der Waals surface area contributed by atoms with Crippen LogP contribution >= 0.6 is 0 Å². The molecule has 0 radical (unpaired) electrons. The SMILES string of the molecule is COc1cc(C(=O)N(C)C)ccc1NC(=O)C(C)C(C)N. The minimum Gasteiger partial charge on any atom is -0.495 e. The molecule has 116 valence electrons. The standard InChI is InChI=1S/C15H23N3O3/c1-9(10(2)16)14(19)17-12-7-6-11(8-13(12)21-5)15(20)18(3)4/h6-10H,16H2,1-5H3,(H,17,19). The Morgan fingerprint density at radius 2 is 1.90 bits per heavy atom. The Labute approximate surface area is 125 Å². The van der Waals surface area contributed by atoms with Crippen molar-refractivity contribution in [3.05, 3.63) is 23.8 Å². The van der Waals surface area contributed by atoms with Crippen molar-refractivity contribution in [2.45, 2.75) is 19.9 Å². The lowest BCUT2D eigenvalue weighted by Crippen LogP contribution is -2.34. The highest BCUT2D eigenvalue weighted by Gasteiger charge is 2.19. The third-order valence-electron chi connectivity index (χ3n) is 3.31. The van der Waals surface area contributed by atoms with Gasteiger partial charge in [-0.3, -0.25) is 9.59 Å². The quantitative estimate of drug-likeness (QED) is 0.857. The number of nitrogens with zero attached hydrogens (tertiary/aromatic N) is 1. The summed E-state index contributed by atoms with van der Waals surface area (Å²) in [7, 11) is 4.84. The Balaban J connectivity index is 2.99. The summed E-state index contributed by atoms with van der Waals surface area (Å²) in [5, 5.41) is 2.77. The number of carbonyl (C=O) groups is 2. The average Bonchev–Trinajstić information content (AvgIpc) is 2.45. The van der Waals surface area contributed by atoms with E-state index in [0.29, 0.717) is 17.0 Å².